The molecule has 0 fully saturated rings. The van der Waals surface area contributed by atoms with Crippen molar-refractivity contribution in [2.45, 2.75) is 57.8 Å². The van der Waals surface area contributed by atoms with Crippen LogP contribution in [-0.2, 0) is 19.5 Å². The lowest BCUT2D eigenvalue weighted by Gasteiger charge is -2.14. The molecule has 0 radical (unpaired) electrons. The van der Waals surface area contributed by atoms with Crippen LogP contribution in [-0.4, -0.2) is 55.3 Å². The highest BCUT2D eigenvalue weighted by Gasteiger charge is 2.23. The molecule has 1 atom stereocenters. The largest absolute Gasteiger partial charge is 0.493 e. The van der Waals surface area contributed by atoms with Gasteiger partial charge in [0.25, 0.3) is 5.56 Å². The number of H-pyrrole nitrogens is 1. The molecule has 14 heteroatoms. The zero-order chi connectivity index (χ0) is 26.7. The molecule has 2 aromatic heterocycles. The Morgan fingerprint density at radius 2 is 1.86 bits per heavy atom. The smallest absolute Gasteiger partial charge is 0.277 e. The van der Waals surface area contributed by atoms with E-state index in [-0.39, 0.29) is 35.4 Å². The van der Waals surface area contributed by atoms with Gasteiger partial charge in [0.2, 0.25) is 10.0 Å². The number of aromatic amines is 1. The summed E-state index contributed by atoms with van der Waals surface area (Å²) in [7, 11) is -5.50. The Kier molecular flexibility index (Phi) is 8.92. The first-order chi connectivity index (χ1) is 16.9. The van der Waals surface area contributed by atoms with E-state index in [9.17, 15) is 21.6 Å². The lowest BCUT2D eigenvalue weighted by atomic mass is 10.0. The van der Waals surface area contributed by atoms with Crippen LogP contribution in [0.1, 0.15) is 57.5 Å². The Hall–Kier alpha value is -2.34. The van der Waals surface area contributed by atoms with Gasteiger partial charge in [-0.2, -0.15) is 0 Å². The minimum absolute atomic E-state index is 0.0490. The quantitative estimate of drug-likeness (QED) is 0.255. The second kappa shape index (κ2) is 11.4. The fraction of sp³-hybridized carbons (Fsp3) is 0.500. The highest BCUT2D eigenvalue weighted by molar-refractivity contribution is 8.37. The Morgan fingerprint density at radius 3 is 2.47 bits per heavy atom. The van der Waals surface area contributed by atoms with E-state index < -0.39 is 25.0 Å². The van der Waals surface area contributed by atoms with Crippen LogP contribution in [0.5, 0.6) is 5.75 Å². The molecular weight excluding hydrogens is 525 g/mol. The first kappa shape index (κ1) is 28.2. The Labute approximate surface area is 213 Å². The third-order valence-corrected chi connectivity index (χ3v) is 8.79. The predicted molar refractivity (Wildman–Crippen MR) is 142 cm³/mol. The van der Waals surface area contributed by atoms with Gasteiger partial charge in [0.15, 0.2) is 20.8 Å². The molecule has 0 aliphatic heterocycles. The van der Waals surface area contributed by atoms with E-state index in [2.05, 4.69) is 19.8 Å². The zero-order valence-electron chi connectivity index (χ0n) is 20.7. The standard InChI is InChI=1S/C22H32N5O6PS2/c1-5-15(6-2)21-24-14(4)19-22(28)25-20(26-27(19)21)17-13-16(9-10-18(17)33-7-3)36(31,32)23-11-8-12-35(29,30)34/h9-10,13,15,23H,5-8,11-12,34H2,1-4H3,(H,25,26,28). The van der Waals surface area contributed by atoms with E-state index in [0.29, 0.717) is 35.0 Å². The maximum absolute atomic E-state index is 13.0. The summed E-state index contributed by atoms with van der Waals surface area (Å²) in [5.41, 5.74) is 0.811. The van der Waals surface area contributed by atoms with Gasteiger partial charge in [0.1, 0.15) is 11.6 Å². The van der Waals surface area contributed by atoms with Gasteiger partial charge in [-0.05, 0) is 59.8 Å². The topological polar surface area (TPSA) is 153 Å². The fourth-order valence-corrected chi connectivity index (χ4v) is 6.09. The first-order valence-electron chi connectivity index (χ1n) is 11.7. The van der Waals surface area contributed by atoms with Gasteiger partial charge in [-0.3, -0.25) is 4.79 Å². The van der Waals surface area contributed by atoms with E-state index in [1.807, 2.05) is 13.8 Å². The van der Waals surface area contributed by atoms with Gasteiger partial charge < -0.3 is 9.72 Å². The number of aryl methyl sites for hydroxylation is 1. The number of nitrogens with one attached hydrogen (secondary N) is 2. The predicted octanol–water partition coefficient (Wildman–Crippen LogP) is 2.57. The maximum atomic E-state index is 13.0. The van der Waals surface area contributed by atoms with Crippen LogP contribution in [0.4, 0.5) is 0 Å². The van der Waals surface area contributed by atoms with Crippen molar-refractivity contribution >= 4 is 33.4 Å². The van der Waals surface area contributed by atoms with Gasteiger partial charge in [-0.25, -0.2) is 31.1 Å². The molecule has 0 spiro atoms. The molecule has 0 saturated heterocycles. The zero-order valence-corrected chi connectivity index (χ0v) is 23.5. The molecule has 11 nitrogen and oxygen atoms in total. The molecule has 3 aromatic rings. The lowest BCUT2D eigenvalue weighted by molar-refractivity contribution is 0.341. The van der Waals surface area contributed by atoms with Crippen LogP contribution < -0.4 is 15.0 Å². The number of benzene rings is 1. The first-order valence-corrected chi connectivity index (χ1v) is 16.3. The van der Waals surface area contributed by atoms with Crippen LogP contribution in [0, 0.1) is 6.92 Å². The van der Waals surface area contributed by atoms with E-state index in [4.69, 9.17) is 4.74 Å². The fourth-order valence-electron chi connectivity index (χ4n) is 3.94. The van der Waals surface area contributed by atoms with Crippen molar-refractivity contribution in [3.8, 4) is 17.1 Å². The molecule has 0 aliphatic carbocycles. The molecule has 198 valence electrons. The highest BCUT2D eigenvalue weighted by atomic mass is 32.7. The summed E-state index contributed by atoms with van der Waals surface area (Å²) in [6.45, 7) is 7.90. The monoisotopic (exact) mass is 557 g/mol. The van der Waals surface area contributed by atoms with Gasteiger partial charge >= 0.3 is 0 Å². The van der Waals surface area contributed by atoms with Crippen LogP contribution in [0.2, 0.25) is 0 Å². The molecule has 0 aliphatic rings. The number of hydrogen-bond acceptors (Lipinski definition) is 8. The lowest BCUT2D eigenvalue weighted by Crippen LogP contribution is -2.26. The van der Waals surface area contributed by atoms with E-state index in [1.165, 1.54) is 18.2 Å². The second-order valence-electron chi connectivity index (χ2n) is 8.34. The Balaban J connectivity index is 2.10. The van der Waals surface area contributed by atoms with Crippen molar-refractivity contribution in [2.75, 3.05) is 18.9 Å². The normalized spacial score (nSPS) is 12.5. The maximum Gasteiger partial charge on any atom is 0.277 e. The van der Waals surface area contributed by atoms with Gasteiger partial charge in [0.05, 0.1) is 28.5 Å². The average Bonchev–Trinajstić information content (AvgIpc) is 3.14. The van der Waals surface area contributed by atoms with E-state index in [1.54, 1.807) is 26.8 Å². The van der Waals surface area contributed by atoms with Crippen LogP contribution in [0.3, 0.4) is 0 Å². The van der Waals surface area contributed by atoms with Crippen LogP contribution >= 0.6 is 8.44 Å². The summed E-state index contributed by atoms with van der Waals surface area (Å²) in [6.07, 6.45) is 1.76. The minimum atomic E-state index is -3.96. The van der Waals surface area contributed by atoms with Crippen molar-refractivity contribution in [2.24, 2.45) is 0 Å². The number of hydrogen-bond donors (Lipinski definition) is 2. The second-order valence-corrected chi connectivity index (χ2v) is 14.0. The van der Waals surface area contributed by atoms with Crippen molar-refractivity contribution in [3.05, 3.63) is 40.1 Å². The molecule has 2 N–H and O–H groups in total. The Bertz CT molecular complexity index is 1510. The average molecular weight is 558 g/mol. The van der Waals surface area contributed by atoms with Gasteiger partial charge in [0, 0.05) is 12.5 Å². The summed E-state index contributed by atoms with van der Waals surface area (Å²) in [5.74, 6) is 1.11. The highest BCUT2D eigenvalue weighted by Crippen LogP contribution is 2.31. The molecule has 2 heterocycles. The number of sulfonamides is 1. The minimum Gasteiger partial charge on any atom is -0.493 e. The molecule has 0 amide bonds. The number of fused-ring (bicyclic) bond motifs is 1. The molecule has 0 saturated carbocycles. The number of aromatic nitrogens is 4. The molecule has 1 unspecified atom stereocenters. The molecule has 36 heavy (non-hydrogen) atoms. The van der Waals surface area contributed by atoms with Crippen molar-refractivity contribution in [3.63, 3.8) is 0 Å². The molecule has 3 rings (SSSR count). The van der Waals surface area contributed by atoms with Gasteiger partial charge in [-0.1, -0.05) is 13.8 Å². The third-order valence-electron chi connectivity index (χ3n) is 5.77. The third kappa shape index (κ3) is 6.31. The van der Waals surface area contributed by atoms with Crippen molar-refractivity contribution in [1.82, 2.24) is 24.3 Å². The summed E-state index contributed by atoms with van der Waals surface area (Å²) in [6, 6.07) is 4.27. The molecule has 0 bridgehead atoms. The summed E-state index contributed by atoms with van der Waals surface area (Å²) < 4.78 is 58.0. The van der Waals surface area contributed by atoms with Crippen molar-refractivity contribution in [1.29, 1.82) is 0 Å². The number of nitrogens with zero attached hydrogens (tertiary/aromatic N) is 3. The van der Waals surface area contributed by atoms with Crippen LogP contribution in [0.25, 0.3) is 16.9 Å². The summed E-state index contributed by atoms with van der Waals surface area (Å²) in [4.78, 5) is 20.3. The summed E-state index contributed by atoms with van der Waals surface area (Å²) >= 11 is 0. The van der Waals surface area contributed by atoms with E-state index >= 15 is 0 Å². The number of imidazole rings is 1. The molecule has 1 aromatic carbocycles. The SMILES string of the molecule is CCOc1ccc(S(=O)(=O)NCCCS(=O)(=O)P)cc1-c1nn2c(C(CC)CC)nc(C)c2c(=O)[nH]1. The Morgan fingerprint density at radius 1 is 1.17 bits per heavy atom. The number of rotatable bonds is 12. The summed E-state index contributed by atoms with van der Waals surface area (Å²) in [5, 5.41) is 4.65. The van der Waals surface area contributed by atoms with Crippen LogP contribution in [0.15, 0.2) is 27.9 Å². The van der Waals surface area contributed by atoms with Crippen molar-refractivity contribution < 1.29 is 21.6 Å². The number of ether oxygens (including phenoxy) is 1. The van der Waals surface area contributed by atoms with Gasteiger partial charge in [-0.15, -0.1) is 5.10 Å². The molecular formula is C22H32N5O6PS2. The van der Waals surface area contributed by atoms with E-state index in [0.717, 1.165) is 12.8 Å².